The molecular weight excluding hydrogens is 591 g/mol. The highest BCUT2D eigenvalue weighted by Crippen LogP contribution is 2.46. The van der Waals surface area contributed by atoms with Gasteiger partial charge in [0.2, 0.25) is 5.91 Å². The lowest BCUT2D eigenvalue weighted by molar-refractivity contribution is -0.128. The molecular formula is C35H34ClFN6O2. The monoisotopic (exact) mass is 624 g/mol. The van der Waals surface area contributed by atoms with Crippen molar-refractivity contribution in [3.8, 4) is 16.8 Å². The fourth-order valence-corrected chi connectivity index (χ4v) is 7.61. The van der Waals surface area contributed by atoms with Crippen molar-refractivity contribution in [1.82, 2.24) is 24.4 Å². The van der Waals surface area contributed by atoms with Crippen molar-refractivity contribution in [2.75, 3.05) is 18.0 Å². The minimum atomic E-state index is -0.592. The van der Waals surface area contributed by atoms with Gasteiger partial charge in [-0.15, -0.1) is 0 Å². The molecule has 2 aliphatic heterocycles. The number of halogens is 2. The van der Waals surface area contributed by atoms with Crippen LogP contribution in [0.2, 0.25) is 5.02 Å². The molecule has 8 nitrogen and oxygen atoms in total. The Balaban J connectivity index is 1.61. The van der Waals surface area contributed by atoms with Crippen LogP contribution in [0.1, 0.15) is 49.1 Å². The fourth-order valence-electron chi connectivity index (χ4n) is 7.32. The van der Waals surface area contributed by atoms with E-state index in [2.05, 4.69) is 26.4 Å². The number of piperazine rings is 1. The summed E-state index contributed by atoms with van der Waals surface area (Å²) in [4.78, 5) is 43.8. The number of hydrogen-bond donors (Lipinski definition) is 1. The first-order chi connectivity index (χ1) is 21.5. The molecule has 1 fully saturated rings. The van der Waals surface area contributed by atoms with E-state index in [9.17, 15) is 9.59 Å². The zero-order valence-electron chi connectivity index (χ0n) is 25.9. The van der Waals surface area contributed by atoms with Crippen LogP contribution in [0.4, 0.5) is 10.1 Å². The van der Waals surface area contributed by atoms with E-state index in [1.54, 1.807) is 23.5 Å². The topological polar surface area (TPSA) is 87.1 Å². The highest BCUT2D eigenvalue weighted by Gasteiger charge is 2.42. The van der Waals surface area contributed by atoms with Crippen molar-refractivity contribution in [1.29, 1.82) is 0 Å². The molecule has 0 radical (unpaired) electrons. The molecule has 5 heterocycles. The minimum absolute atomic E-state index is 0.0318. The lowest BCUT2D eigenvalue weighted by Crippen LogP contribution is -2.57. The zero-order valence-corrected chi connectivity index (χ0v) is 26.7. The van der Waals surface area contributed by atoms with Gasteiger partial charge in [0.15, 0.2) is 5.82 Å². The molecule has 0 saturated carbocycles. The van der Waals surface area contributed by atoms with E-state index in [0.717, 1.165) is 16.6 Å². The number of H-pyrrole nitrogens is 1. The molecule has 2 unspecified atom stereocenters. The number of hydrogen-bond acceptors (Lipinski definition) is 5. The maximum atomic E-state index is 17.6. The Labute approximate surface area is 265 Å². The van der Waals surface area contributed by atoms with Crippen LogP contribution in [0.25, 0.3) is 38.8 Å². The van der Waals surface area contributed by atoms with E-state index in [0.29, 0.717) is 58.6 Å². The summed E-state index contributed by atoms with van der Waals surface area (Å²) >= 11 is 7.06. The number of nitrogens with one attached hydrogen (secondary N) is 1. The number of nitrogens with zero attached hydrogens (tertiary/aromatic N) is 5. The van der Waals surface area contributed by atoms with Gasteiger partial charge in [0.05, 0.1) is 51.0 Å². The van der Waals surface area contributed by atoms with Gasteiger partial charge >= 0.3 is 0 Å². The molecule has 0 spiro atoms. The van der Waals surface area contributed by atoms with Gasteiger partial charge in [-0.25, -0.2) is 9.37 Å². The van der Waals surface area contributed by atoms with Gasteiger partial charge in [0, 0.05) is 53.8 Å². The van der Waals surface area contributed by atoms with Crippen LogP contribution in [0, 0.1) is 19.7 Å². The average molecular weight is 625 g/mol. The van der Waals surface area contributed by atoms with E-state index in [-0.39, 0.29) is 45.6 Å². The second kappa shape index (κ2) is 10.5. The highest BCUT2D eigenvalue weighted by molar-refractivity contribution is 6.35. The van der Waals surface area contributed by atoms with E-state index in [1.807, 2.05) is 52.8 Å². The van der Waals surface area contributed by atoms with E-state index in [4.69, 9.17) is 11.6 Å². The molecule has 1 N–H and O–H groups in total. The summed E-state index contributed by atoms with van der Waals surface area (Å²) in [5, 5.41) is 0.786. The Morgan fingerprint density at radius 3 is 2.64 bits per heavy atom. The van der Waals surface area contributed by atoms with Crippen LogP contribution in [-0.2, 0) is 11.2 Å². The standard InChI is InChI=1S/C35H34ClFN6O2/c1-7-26(44)41-15-21-12-23-33(42(21)14-20(41)6)22-13-24(36)28(27-18(4)8-9-25-31(27)40-16-39-25)29(37)34(22)43(35(23)45)32-19(5)10-11-38-30(32)17(2)3/h7-11,13,16-17,20-21H,1,12,14-15H2,2-6H3,(H,39,40). The summed E-state index contributed by atoms with van der Waals surface area (Å²) < 4.78 is 19.1. The van der Waals surface area contributed by atoms with Gasteiger partial charge < -0.3 is 14.8 Å². The second-order valence-electron chi connectivity index (χ2n) is 12.5. The Hall–Kier alpha value is -4.50. The maximum absolute atomic E-state index is 17.6. The van der Waals surface area contributed by atoms with E-state index >= 15 is 4.39 Å². The van der Waals surface area contributed by atoms with Crippen LogP contribution < -0.4 is 10.5 Å². The normalized spacial score (nSPS) is 17.8. The number of imidazole rings is 1. The molecule has 0 bridgehead atoms. The Morgan fingerprint density at radius 1 is 1.13 bits per heavy atom. The number of aromatic nitrogens is 4. The number of fused-ring (bicyclic) bond motifs is 6. The molecule has 2 aromatic carbocycles. The van der Waals surface area contributed by atoms with Crippen LogP contribution in [0.15, 0.2) is 54.2 Å². The van der Waals surface area contributed by atoms with Crippen LogP contribution >= 0.6 is 11.6 Å². The number of amides is 1. The first-order valence-corrected chi connectivity index (χ1v) is 15.6. The number of rotatable bonds is 4. The minimum Gasteiger partial charge on any atom is -0.363 e. The van der Waals surface area contributed by atoms with Crippen molar-refractivity contribution >= 4 is 45.1 Å². The van der Waals surface area contributed by atoms with Crippen molar-refractivity contribution in [3.05, 3.63) is 93.0 Å². The number of pyridine rings is 2. The number of carbonyl (C=O) groups excluding carboxylic acids is 1. The molecule has 2 aliphatic rings. The van der Waals surface area contributed by atoms with Crippen LogP contribution in [0.5, 0.6) is 0 Å². The van der Waals surface area contributed by atoms with Gasteiger partial charge in [-0.2, -0.15) is 0 Å². The second-order valence-corrected chi connectivity index (χ2v) is 12.9. The summed E-state index contributed by atoms with van der Waals surface area (Å²) in [5.41, 5.74) is 6.16. The quantitative estimate of drug-likeness (QED) is 0.227. The molecule has 10 heteroatoms. The van der Waals surface area contributed by atoms with Gasteiger partial charge in [0.25, 0.3) is 5.56 Å². The number of aromatic amines is 1. The zero-order chi connectivity index (χ0) is 31.9. The third-order valence-corrected chi connectivity index (χ3v) is 9.72. The number of benzene rings is 2. The lowest BCUT2D eigenvalue weighted by atomic mass is 9.95. The summed E-state index contributed by atoms with van der Waals surface area (Å²) in [5.74, 6) is -0.767. The smallest absolute Gasteiger partial charge is 0.261 e. The molecule has 5 aromatic rings. The van der Waals surface area contributed by atoms with Crippen LogP contribution in [0.3, 0.4) is 0 Å². The molecule has 1 saturated heterocycles. The van der Waals surface area contributed by atoms with E-state index in [1.165, 1.54) is 10.6 Å². The molecule has 3 aromatic heterocycles. The van der Waals surface area contributed by atoms with Crippen molar-refractivity contribution in [2.24, 2.45) is 0 Å². The van der Waals surface area contributed by atoms with Gasteiger partial charge in [0.1, 0.15) is 0 Å². The average Bonchev–Trinajstić information content (AvgIpc) is 3.63. The number of aryl methyl sites for hydroxylation is 2. The summed E-state index contributed by atoms with van der Waals surface area (Å²) in [6, 6.07) is 7.17. The first kappa shape index (κ1) is 29.2. The van der Waals surface area contributed by atoms with Crippen LogP contribution in [-0.4, -0.2) is 55.5 Å². The predicted molar refractivity (Wildman–Crippen MR) is 177 cm³/mol. The first-order valence-electron chi connectivity index (χ1n) is 15.2. The molecule has 0 aliphatic carbocycles. The molecule has 2 atom stereocenters. The molecule has 1 amide bonds. The van der Waals surface area contributed by atoms with Gasteiger partial charge in [-0.05, 0) is 62.1 Å². The van der Waals surface area contributed by atoms with Gasteiger partial charge in [-0.1, -0.05) is 38.1 Å². The van der Waals surface area contributed by atoms with Crippen molar-refractivity contribution < 1.29 is 9.18 Å². The Morgan fingerprint density at radius 2 is 1.91 bits per heavy atom. The molecule has 45 heavy (non-hydrogen) atoms. The number of carbonyl (C=O) groups is 1. The Bertz CT molecular complexity index is 2130. The third kappa shape index (κ3) is 4.24. The summed E-state index contributed by atoms with van der Waals surface area (Å²) in [6.45, 7) is 14.4. The summed E-state index contributed by atoms with van der Waals surface area (Å²) in [6.07, 6.45) is 5.05. The fraction of sp³-hybridized carbons (Fsp3) is 0.314. The predicted octanol–water partition coefficient (Wildman–Crippen LogP) is 6.61. The lowest BCUT2D eigenvalue weighted by Gasteiger charge is -2.43. The van der Waals surface area contributed by atoms with E-state index < -0.39 is 5.82 Å². The van der Waals surface area contributed by atoms with Crippen molar-refractivity contribution in [2.45, 2.75) is 59.0 Å². The number of anilines is 1. The Kier molecular flexibility index (Phi) is 6.85. The largest absolute Gasteiger partial charge is 0.363 e. The molecule has 7 rings (SSSR count). The maximum Gasteiger partial charge on any atom is 0.261 e. The van der Waals surface area contributed by atoms with Gasteiger partial charge in [-0.3, -0.25) is 19.1 Å². The summed E-state index contributed by atoms with van der Waals surface area (Å²) in [7, 11) is 0. The molecule has 230 valence electrons. The highest BCUT2D eigenvalue weighted by atomic mass is 35.5. The van der Waals surface area contributed by atoms with Crippen molar-refractivity contribution in [3.63, 3.8) is 0 Å². The third-order valence-electron chi connectivity index (χ3n) is 9.42. The SMILES string of the molecule is C=CC(=O)N1CC2Cc3c(c4cc(Cl)c(-c5c(C)ccc6[nH]cnc56)c(F)c4n(-c4c(C)ccnc4C(C)C)c3=O)N2CC1C.